The Hall–Kier alpha value is -3.27. The number of aromatic nitrogens is 2. The van der Waals surface area contributed by atoms with Crippen LogP contribution >= 0.6 is 0 Å². The van der Waals surface area contributed by atoms with Crippen molar-refractivity contribution >= 4 is 11.8 Å². The standard InChI is InChI=1S/C27H29N3O/c1-3-8-20(9-4-1)16-22-13-14-23(29-22)17-26-27(31-19-21-10-5-2-6-11-21)18-25(30-26)24-12-7-15-28-24/h2,5-7,10-15,17-18,20,28-29H,1,3-4,8-9,16,19H2/b26-17-. The maximum atomic E-state index is 6.18. The Morgan fingerprint density at radius 3 is 2.65 bits per heavy atom. The lowest BCUT2D eigenvalue weighted by Crippen LogP contribution is -2.09. The molecule has 0 atom stereocenters. The molecular formula is C27H29N3O. The number of ether oxygens (including phenoxy) is 1. The smallest absolute Gasteiger partial charge is 0.147 e. The van der Waals surface area contributed by atoms with Gasteiger partial charge in [-0.25, -0.2) is 4.99 Å². The second-order valence-corrected chi connectivity index (χ2v) is 8.54. The first kappa shape index (κ1) is 19.7. The lowest BCUT2D eigenvalue weighted by Gasteiger charge is -2.20. The highest BCUT2D eigenvalue weighted by atomic mass is 16.5. The zero-order valence-electron chi connectivity index (χ0n) is 17.8. The monoisotopic (exact) mass is 411 g/mol. The first-order valence-electron chi connectivity index (χ1n) is 11.3. The molecule has 5 rings (SSSR count). The number of benzene rings is 1. The topological polar surface area (TPSA) is 53.2 Å². The summed E-state index contributed by atoms with van der Waals surface area (Å²) in [5.41, 5.74) is 6.28. The number of rotatable bonds is 7. The Labute approximate surface area is 183 Å². The van der Waals surface area contributed by atoms with E-state index in [1.807, 2.05) is 42.6 Å². The fraction of sp³-hybridized carbons (Fsp3) is 0.296. The van der Waals surface area contributed by atoms with Crippen LogP contribution in [-0.2, 0) is 17.8 Å². The molecular weight excluding hydrogens is 382 g/mol. The number of hydrogen-bond acceptors (Lipinski definition) is 2. The van der Waals surface area contributed by atoms with Crippen LogP contribution in [0.4, 0.5) is 0 Å². The highest BCUT2D eigenvalue weighted by Gasteiger charge is 2.19. The number of aromatic amines is 2. The molecule has 0 amide bonds. The molecule has 2 aromatic heterocycles. The number of allylic oxidation sites excluding steroid dienone is 1. The van der Waals surface area contributed by atoms with Crippen molar-refractivity contribution in [3.05, 3.63) is 101 Å². The molecule has 2 N–H and O–H groups in total. The zero-order chi connectivity index (χ0) is 20.9. The Bertz CT molecular complexity index is 1080. The number of aliphatic imine (C=N–C) groups is 1. The predicted molar refractivity (Wildman–Crippen MR) is 126 cm³/mol. The molecule has 0 unspecified atom stereocenters. The Morgan fingerprint density at radius 1 is 0.968 bits per heavy atom. The highest BCUT2D eigenvalue weighted by Crippen LogP contribution is 2.28. The quantitative estimate of drug-likeness (QED) is 0.464. The minimum atomic E-state index is 0.523. The van der Waals surface area contributed by atoms with Gasteiger partial charge in [0.1, 0.15) is 18.1 Å². The van der Waals surface area contributed by atoms with Crippen LogP contribution in [0.3, 0.4) is 0 Å². The summed E-state index contributed by atoms with van der Waals surface area (Å²) in [6, 6.07) is 18.6. The van der Waals surface area contributed by atoms with E-state index in [0.29, 0.717) is 6.61 Å². The molecule has 1 saturated carbocycles. The summed E-state index contributed by atoms with van der Waals surface area (Å²) in [6.07, 6.45) is 14.1. The summed E-state index contributed by atoms with van der Waals surface area (Å²) < 4.78 is 6.18. The summed E-state index contributed by atoms with van der Waals surface area (Å²) in [6.45, 7) is 0.523. The molecule has 0 radical (unpaired) electrons. The van der Waals surface area contributed by atoms with Crippen molar-refractivity contribution in [1.29, 1.82) is 0 Å². The molecule has 0 saturated heterocycles. The van der Waals surface area contributed by atoms with Crippen LogP contribution in [0.15, 0.2) is 83.3 Å². The molecule has 2 aliphatic rings. The van der Waals surface area contributed by atoms with E-state index in [-0.39, 0.29) is 0 Å². The van der Waals surface area contributed by atoms with E-state index >= 15 is 0 Å². The van der Waals surface area contributed by atoms with Gasteiger partial charge in [-0.1, -0.05) is 62.4 Å². The third-order valence-corrected chi connectivity index (χ3v) is 6.17. The SMILES string of the molecule is C1=C(OCc2ccccc2)/C(=C/c2ccc(CC3CCCCC3)[nH]2)N=C1c1ccc[nH]1. The Kier molecular flexibility index (Phi) is 5.87. The summed E-state index contributed by atoms with van der Waals surface area (Å²) in [4.78, 5) is 11.7. The van der Waals surface area contributed by atoms with Gasteiger partial charge in [0, 0.05) is 23.7 Å². The van der Waals surface area contributed by atoms with Crippen LogP contribution in [0.25, 0.3) is 6.08 Å². The largest absolute Gasteiger partial charge is 0.487 e. The second kappa shape index (κ2) is 9.25. The van der Waals surface area contributed by atoms with E-state index in [2.05, 4.69) is 40.3 Å². The first-order chi connectivity index (χ1) is 15.3. The van der Waals surface area contributed by atoms with Crippen LogP contribution in [0.2, 0.25) is 0 Å². The van der Waals surface area contributed by atoms with Crippen molar-refractivity contribution in [3.8, 4) is 0 Å². The number of hydrogen-bond donors (Lipinski definition) is 2. The number of H-pyrrole nitrogens is 2. The molecule has 31 heavy (non-hydrogen) atoms. The second-order valence-electron chi connectivity index (χ2n) is 8.54. The van der Waals surface area contributed by atoms with Gasteiger partial charge in [-0.2, -0.15) is 0 Å². The molecule has 3 aromatic rings. The van der Waals surface area contributed by atoms with Crippen molar-refractivity contribution in [2.45, 2.75) is 45.1 Å². The van der Waals surface area contributed by atoms with E-state index in [9.17, 15) is 0 Å². The summed E-state index contributed by atoms with van der Waals surface area (Å²) in [5, 5.41) is 0. The van der Waals surface area contributed by atoms with Crippen molar-refractivity contribution in [2.75, 3.05) is 0 Å². The maximum Gasteiger partial charge on any atom is 0.147 e. The molecule has 1 aliphatic carbocycles. The number of nitrogens with zero attached hydrogens (tertiary/aromatic N) is 1. The molecule has 158 valence electrons. The fourth-order valence-corrected chi connectivity index (χ4v) is 4.51. The van der Waals surface area contributed by atoms with Crippen molar-refractivity contribution in [2.24, 2.45) is 10.9 Å². The van der Waals surface area contributed by atoms with Gasteiger partial charge >= 0.3 is 0 Å². The van der Waals surface area contributed by atoms with Gasteiger partial charge in [-0.05, 0) is 48.2 Å². The number of nitrogens with one attached hydrogen (secondary N) is 2. The summed E-state index contributed by atoms with van der Waals surface area (Å²) in [5.74, 6) is 1.62. The van der Waals surface area contributed by atoms with Crippen molar-refractivity contribution < 1.29 is 4.74 Å². The van der Waals surface area contributed by atoms with E-state index in [4.69, 9.17) is 9.73 Å². The van der Waals surface area contributed by atoms with Crippen molar-refractivity contribution in [3.63, 3.8) is 0 Å². The summed E-state index contributed by atoms with van der Waals surface area (Å²) >= 11 is 0. The van der Waals surface area contributed by atoms with Gasteiger partial charge < -0.3 is 14.7 Å². The van der Waals surface area contributed by atoms with E-state index in [0.717, 1.165) is 46.5 Å². The van der Waals surface area contributed by atoms with E-state index < -0.39 is 0 Å². The fourth-order valence-electron chi connectivity index (χ4n) is 4.51. The van der Waals surface area contributed by atoms with Gasteiger partial charge in [0.15, 0.2) is 0 Å². The van der Waals surface area contributed by atoms with Crippen molar-refractivity contribution in [1.82, 2.24) is 9.97 Å². The average molecular weight is 412 g/mol. The van der Waals surface area contributed by atoms with Crippen LogP contribution in [-0.4, -0.2) is 15.7 Å². The molecule has 4 heteroatoms. The van der Waals surface area contributed by atoms with E-state index in [1.54, 1.807) is 0 Å². The lowest BCUT2D eigenvalue weighted by molar-refractivity contribution is 0.208. The van der Waals surface area contributed by atoms with Gasteiger partial charge in [0.25, 0.3) is 0 Å². The maximum absolute atomic E-state index is 6.18. The Balaban J connectivity index is 1.34. The average Bonchev–Trinajstić information content (AvgIpc) is 3.56. The minimum absolute atomic E-state index is 0.523. The van der Waals surface area contributed by atoms with Crippen LogP contribution in [0.5, 0.6) is 0 Å². The minimum Gasteiger partial charge on any atom is -0.487 e. The van der Waals surface area contributed by atoms with Gasteiger partial charge in [-0.15, -0.1) is 0 Å². The molecule has 0 spiro atoms. The van der Waals surface area contributed by atoms with Gasteiger partial charge in [0.2, 0.25) is 0 Å². The lowest BCUT2D eigenvalue weighted by atomic mass is 9.86. The van der Waals surface area contributed by atoms with Crippen LogP contribution in [0, 0.1) is 5.92 Å². The molecule has 3 heterocycles. The molecule has 1 aromatic carbocycles. The van der Waals surface area contributed by atoms with Gasteiger partial charge in [-0.3, -0.25) is 0 Å². The van der Waals surface area contributed by atoms with Gasteiger partial charge in [0.05, 0.1) is 11.4 Å². The predicted octanol–water partition coefficient (Wildman–Crippen LogP) is 6.41. The van der Waals surface area contributed by atoms with E-state index in [1.165, 1.54) is 37.8 Å². The van der Waals surface area contributed by atoms with Crippen LogP contribution in [0.1, 0.15) is 54.7 Å². The Morgan fingerprint density at radius 2 is 1.84 bits per heavy atom. The third-order valence-electron chi connectivity index (χ3n) is 6.17. The molecule has 1 fully saturated rings. The molecule has 0 bridgehead atoms. The zero-order valence-corrected chi connectivity index (χ0v) is 17.8. The molecule has 4 nitrogen and oxygen atoms in total. The third kappa shape index (κ3) is 4.91. The van der Waals surface area contributed by atoms with Crippen LogP contribution < -0.4 is 0 Å². The normalized spacial score (nSPS) is 18.3. The summed E-state index contributed by atoms with van der Waals surface area (Å²) in [7, 11) is 0. The molecule has 1 aliphatic heterocycles. The first-order valence-corrected chi connectivity index (χ1v) is 11.3. The highest BCUT2D eigenvalue weighted by molar-refractivity contribution is 6.11.